The molecule has 5 heavy (non-hydrogen) atoms. The van der Waals surface area contributed by atoms with Crippen LogP contribution in [0.15, 0.2) is 0 Å². The molecule has 0 saturated carbocycles. The Bertz CT molecular complexity index is 11.6. The Morgan fingerprint density at radius 3 is 1.00 bits per heavy atom. The van der Waals surface area contributed by atoms with Gasteiger partial charge >= 0.3 is 8.80 Å². The second-order valence-electron chi connectivity index (χ2n) is 1.50. The van der Waals surface area contributed by atoms with E-state index in [1.54, 1.807) is 0 Å². The van der Waals surface area contributed by atoms with Gasteiger partial charge in [-0.3, -0.25) is 0 Å². The van der Waals surface area contributed by atoms with Gasteiger partial charge in [-0.25, -0.2) is 0 Å². The van der Waals surface area contributed by atoms with Gasteiger partial charge in [0.2, 0.25) is 0 Å². The molecule has 0 N–H and O–H groups in total. The highest BCUT2D eigenvalue weighted by atomic mass is 35.5. The minimum atomic E-state index is 0. The molecule has 0 rings (SSSR count). The van der Waals surface area contributed by atoms with Gasteiger partial charge in [0.05, 0.1) is 19.6 Å². The van der Waals surface area contributed by atoms with Gasteiger partial charge < -0.3 is 12.4 Å². The predicted octanol–water partition coefficient (Wildman–Crippen LogP) is -1.63. The monoisotopic (exact) mass is 108 g/mol. The average Bonchev–Trinajstić information content (AvgIpc) is 0.811. The SMILES string of the molecule is C[Si+](C)C.[Cl-]. The summed E-state index contributed by atoms with van der Waals surface area (Å²) >= 11 is 0. The van der Waals surface area contributed by atoms with Crippen molar-refractivity contribution in [2.24, 2.45) is 0 Å². The molecule has 0 atom stereocenters. The van der Waals surface area contributed by atoms with Crippen LogP contribution in [0.4, 0.5) is 0 Å². The van der Waals surface area contributed by atoms with E-state index in [0.29, 0.717) is 0 Å². The molecule has 0 unspecified atom stereocenters. The molecule has 0 aliphatic carbocycles. The maximum absolute atomic E-state index is 2.27. The van der Waals surface area contributed by atoms with Crippen molar-refractivity contribution in [2.75, 3.05) is 0 Å². The van der Waals surface area contributed by atoms with Gasteiger partial charge in [-0.15, -0.1) is 0 Å². The van der Waals surface area contributed by atoms with Crippen LogP contribution in [0, 0.1) is 0 Å². The molecule has 0 saturated heterocycles. The zero-order chi connectivity index (χ0) is 3.58. The van der Waals surface area contributed by atoms with Gasteiger partial charge in [-0.05, 0) is 0 Å². The third kappa shape index (κ3) is 110. The summed E-state index contributed by atoms with van der Waals surface area (Å²) in [5.74, 6) is 0. The third-order valence-electron chi connectivity index (χ3n) is 0. The number of hydrogen-bond donors (Lipinski definition) is 0. The van der Waals surface area contributed by atoms with Crippen molar-refractivity contribution in [1.29, 1.82) is 0 Å². The second-order valence-corrected chi connectivity index (χ2v) is 4.50. The average molecular weight is 109 g/mol. The van der Waals surface area contributed by atoms with Crippen molar-refractivity contribution in [1.82, 2.24) is 0 Å². The lowest BCUT2D eigenvalue weighted by molar-refractivity contribution is -0.00000112. The van der Waals surface area contributed by atoms with Gasteiger partial charge in [-0.1, -0.05) is 0 Å². The Balaban J connectivity index is 0. The molecule has 0 aromatic carbocycles. The third-order valence-corrected chi connectivity index (χ3v) is 0. The summed E-state index contributed by atoms with van der Waals surface area (Å²) in [7, 11) is 0.120. The zero-order valence-electron chi connectivity index (χ0n) is 3.88. The van der Waals surface area contributed by atoms with Crippen molar-refractivity contribution in [2.45, 2.75) is 19.6 Å². The van der Waals surface area contributed by atoms with Crippen molar-refractivity contribution in [3.8, 4) is 0 Å². The number of rotatable bonds is 0. The fourth-order valence-electron chi connectivity index (χ4n) is 0. The van der Waals surface area contributed by atoms with Gasteiger partial charge in [-0.2, -0.15) is 0 Å². The van der Waals surface area contributed by atoms with Crippen LogP contribution in [0.25, 0.3) is 0 Å². The lowest BCUT2D eigenvalue weighted by Crippen LogP contribution is -3.00. The lowest BCUT2D eigenvalue weighted by Gasteiger charge is -1.55. The van der Waals surface area contributed by atoms with Crippen LogP contribution in [0.5, 0.6) is 0 Å². The van der Waals surface area contributed by atoms with E-state index in [-0.39, 0.29) is 21.2 Å². The Labute approximate surface area is 41.6 Å². The van der Waals surface area contributed by atoms with Crippen molar-refractivity contribution < 1.29 is 12.4 Å². The van der Waals surface area contributed by atoms with Crippen molar-refractivity contribution in [3.05, 3.63) is 0 Å². The first-order valence-corrected chi connectivity index (χ1v) is 4.50. The second kappa shape index (κ2) is 4.51. The van der Waals surface area contributed by atoms with E-state index in [4.69, 9.17) is 0 Å². The maximum atomic E-state index is 2.27. The Morgan fingerprint density at radius 2 is 1.00 bits per heavy atom. The van der Waals surface area contributed by atoms with Crippen LogP contribution in [0.2, 0.25) is 19.6 Å². The molecule has 0 aliphatic heterocycles. The van der Waals surface area contributed by atoms with Gasteiger partial charge in [0.15, 0.2) is 0 Å². The number of halogens is 1. The highest BCUT2D eigenvalue weighted by Gasteiger charge is 1.92. The Hall–Kier alpha value is 0.507. The summed E-state index contributed by atoms with van der Waals surface area (Å²) in [6.45, 7) is 6.81. The van der Waals surface area contributed by atoms with Crippen molar-refractivity contribution in [3.63, 3.8) is 0 Å². The normalized spacial score (nSPS) is 5.40. The smallest absolute Gasteiger partial charge is 0.304 e. The minimum absolute atomic E-state index is 0. The minimum Gasteiger partial charge on any atom is -1.00 e. The summed E-state index contributed by atoms with van der Waals surface area (Å²) in [5.41, 5.74) is 0. The molecule has 0 bridgehead atoms. The van der Waals surface area contributed by atoms with Crippen LogP contribution >= 0.6 is 0 Å². The fourth-order valence-corrected chi connectivity index (χ4v) is 0. The summed E-state index contributed by atoms with van der Waals surface area (Å²) in [4.78, 5) is 0. The molecule has 32 valence electrons. The largest absolute Gasteiger partial charge is 1.00 e. The zero-order valence-corrected chi connectivity index (χ0v) is 5.63. The number of hydrogen-bond acceptors (Lipinski definition) is 0. The fraction of sp³-hybridized carbons (Fsp3) is 1.00. The Kier molecular flexibility index (Phi) is 8.20. The summed E-state index contributed by atoms with van der Waals surface area (Å²) in [6, 6.07) is 0. The predicted molar refractivity (Wildman–Crippen MR) is 23.3 cm³/mol. The van der Waals surface area contributed by atoms with Crippen LogP contribution in [-0.2, 0) is 0 Å². The highest BCUT2D eigenvalue weighted by molar-refractivity contribution is 6.54. The molecule has 2 heteroatoms. The topological polar surface area (TPSA) is 0 Å². The van der Waals surface area contributed by atoms with Gasteiger partial charge in [0, 0.05) is 0 Å². The summed E-state index contributed by atoms with van der Waals surface area (Å²) in [6.07, 6.45) is 0. The lowest BCUT2D eigenvalue weighted by atomic mass is 11.8. The summed E-state index contributed by atoms with van der Waals surface area (Å²) in [5, 5.41) is 0. The highest BCUT2D eigenvalue weighted by Crippen LogP contribution is 1.68. The Morgan fingerprint density at radius 1 is 1.00 bits per heavy atom. The van der Waals surface area contributed by atoms with E-state index in [9.17, 15) is 0 Å². The van der Waals surface area contributed by atoms with Crippen LogP contribution in [0.3, 0.4) is 0 Å². The molecule has 0 amide bonds. The van der Waals surface area contributed by atoms with E-state index < -0.39 is 0 Å². The maximum Gasteiger partial charge on any atom is 0.304 e. The molecule has 0 heterocycles. The summed E-state index contributed by atoms with van der Waals surface area (Å²) < 4.78 is 0. The van der Waals surface area contributed by atoms with Gasteiger partial charge in [0.1, 0.15) is 0 Å². The molecule has 0 aliphatic rings. The van der Waals surface area contributed by atoms with Crippen LogP contribution in [0.1, 0.15) is 0 Å². The van der Waals surface area contributed by atoms with E-state index >= 15 is 0 Å². The molecule has 0 spiro atoms. The van der Waals surface area contributed by atoms with Crippen LogP contribution in [-0.4, -0.2) is 8.80 Å². The molecular weight excluding hydrogens is 99.6 g/mol. The first-order valence-electron chi connectivity index (χ1n) is 1.50. The van der Waals surface area contributed by atoms with Gasteiger partial charge in [0.25, 0.3) is 0 Å². The molecule has 0 nitrogen and oxygen atoms in total. The van der Waals surface area contributed by atoms with Crippen LogP contribution < -0.4 is 12.4 Å². The molecule has 0 fully saturated rings. The van der Waals surface area contributed by atoms with Crippen molar-refractivity contribution >= 4 is 8.80 Å². The molecular formula is C3H9ClSi. The van der Waals surface area contributed by atoms with E-state index in [2.05, 4.69) is 19.6 Å². The molecule has 0 aromatic rings. The first-order chi connectivity index (χ1) is 1.73. The van der Waals surface area contributed by atoms with E-state index in [0.717, 1.165) is 0 Å². The standard InChI is InChI=1S/C3H9Si.ClH/c1-4(2)3;/h1-3H3;1H/q+1;/p-1. The molecule has 0 radical (unpaired) electrons. The first kappa shape index (κ1) is 9.10. The van der Waals surface area contributed by atoms with E-state index in [1.165, 1.54) is 0 Å². The quantitative estimate of drug-likeness (QED) is 0.327. The molecule has 0 aromatic heterocycles. The van der Waals surface area contributed by atoms with E-state index in [1.807, 2.05) is 0 Å².